The molecule has 5 unspecified atom stereocenters. The minimum Gasteiger partial charge on any atom is -0.393 e. The summed E-state index contributed by atoms with van der Waals surface area (Å²) in [5, 5.41) is 20.1. The fourth-order valence-corrected chi connectivity index (χ4v) is 6.23. The smallest absolute Gasteiger partial charge is 0.0811 e. The van der Waals surface area contributed by atoms with E-state index in [9.17, 15) is 10.2 Å². The van der Waals surface area contributed by atoms with E-state index in [0.717, 1.165) is 28.9 Å². The third kappa shape index (κ3) is 4.82. The van der Waals surface area contributed by atoms with E-state index in [2.05, 4.69) is 39.5 Å². The number of unbranched alkanes of at least 4 members (excludes halogenated alkanes) is 1. The molecule has 3 aliphatic carbocycles. The van der Waals surface area contributed by atoms with Gasteiger partial charge >= 0.3 is 0 Å². The first-order chi connectivity index (χ1) is 13.3. The van der Waals surface area contributed by atoms with Gasteiger partial charge in [-0.3, -0.25) is 0 Å². The van der Waals surface area contributed by atoms with E-state index < -0.39 is 12.2 Å². The molecular formula is C26H42O2. The van der Waals surface area contributed by atoms with Crippen LogP contribution in [-0.4, -0.2) is 22.4 Å². The average molecular weight is 387 g/mol. The van der Waals surface area contributed by atoms with Gasteiger partial charge in [-0.15, -0.1) is 0 Å². The quantitative estimate of drug-likeness (QED) is 0.523. The summed E-state index contributed by atoms with van der Waals surface area (Å²) >= 11 is 0. The Bertz CT molecular complexity index is 614. The number of rotatable bonds is 6. The molecule has 0 aromatic rings. The maximum absolute atomic E-state index is 10.1. The molecule has 0 radical (unpaired) electrons. The number of fused-ring (bicyclic) bond motifs is 1. The highest BCUT2D eigenvalue weighted by molar-refractivity contribution is 5.38. The van der Waals surface area contributed by atoms with Crippen molar-refractivity contribution >= 4 is 0 Å². The first-order valence-corrected chi connectivity index (χ1v) is 11.8. The van der Waals surface area contributed by atoms with Crippen LogP contribution < -0.4 is 0 Å². The number of aliphatic hydroxyl groups is 2. The van der Waals surface area contributed by atoms with Crippen LogP contribution in [0.3, 0.4) is 0 Å². The van der Waals surface area contributed by atoms with Crippen LogP contribution in [0.5, 0.6) is 0 Å². The van der Waals surface area contributed by atoms with Crippen LogP contribution in [0.2, 0.25) is 0 Å². The first kappa shape index (κ1) is 21.8. The second-order valence-electron chi connectivity index (χ2n) is 10.4. The molecule has 0 amide bonds. The molecule has 3 saturated carbocycles. The van der Waals surface area contributed by atoms with E-state index in [4.69, 9.17) is 0 Å². The van der Waals surface area contributed by atoms with E-state index in [1.54, 1.807) is 5.57 Å². The number of allylic oxidation sites excluding steroid dienone is 3. The van der Waals surface area contributed by atoms with Crippen molar-refractivity contribution in [3.63, 3.8) is 0 Å². The zero-order valence-electron chi connectivity index (χ0n) is 18.4. The molecule has 5 atom stereocenters. The molecule has 0 bridgehead atoms. The predicted octanol–water partition coefficient (Wildman–Crippen LogP) is 6.34. The van der Waals surface area contributed by atoms with E-state index in [1.807, 2.05) is 0 Å². The number of aliphatic hydroxyl groups excluding tert-OH is 2. The Morgan fingerprint density at radius 2 is 1.96 bits per heavy atom. The van der Waals surface area contributed by atoms with Crippen molar-refractivity contribution in [2.75, 3.05) is 0 Å². The van der Waals surface area contributed by atoms with Gasteiger partial charge < -0.3 is 10.2 Å². The number of hydrogen-bond acceptors (Lipinski definition) is 2. The standard InChI is InChI=1S/C26H42O2/c1-18(2)8-5-6-10-22-13-14-24-20(9-7-15-26(22,24)4)11-12-21-16-23(27)17-25(28)19(21)3/h11-12,18,22-25,27-28H,3,5-10,13-17H2,1-2,4H3/b20-11+,21-12-. The van der Waals surface area contributed by atoms with Gasteiger partial charge in [0, 0.05) is 6.42 Å². The first-order valence-electron chi connectivity index (χ1n) is 11.8. The van der Waals surface area contributed by atoms with Crippen LogP contribution in [0, 0.1) is 23.2 Å². The molecule has 3 fully saturated rings. The average Bonchev–Trinajstić information content (AvgIpc) is 2.97. The molecule has 0 saturated heterocycles. The van der Waals surface area contributed by atoms with Gasteiger partial charge in [0.1, 0.15) is 0 Å². The Labute approximate surface area is 172 Å². The predicted molar refractivity (Wildman–Crippen MR) is 118 cm³/mol. The van der Waals surface area contributed by atoms with Crippen LogP contribution in [0.4, 0.5) is 0 Å². The van der Waals surface area contributed by atoms with Crippen molar-refractivity contribution in [1.29, 1.82) is 0 Å². The van der Waals surface area contributed by atoms with Crippen molar-refractivity contribution in [3.05, 3.63) is 35.5 Å². The van der Waals surface area contributed by atoms with Gasteiger partial charge in [0.15, 0.2) is 0 Å². The molecule has 0 spiro atoms. The van der Waals surface area contributed by atoms with Crippen LogP contribution in [0.1, 0.15) is 91.4 Å². The molecule has 3 aliphatic rings. The molecule has 0 aromatic heterocycles. The van der Waals surface area contributed by atoms with Crippen molar-refractivity contribution in [1.82, 2.24) is 0 Å². The second-order valence-corrected chi connectivity index (χ2v) is 10.4. The van der Waals surface area contributed by atoms with Gasteiger partial charge in [0.05, 0.1) is 12.2 Å². The SMILES string of the molecule is C=C1/C(=C\C=C2/CCCC3(C)C(CCCCC(C)C)CCC23)CC(O)CC1O. The maximum atomic E-state index is 10.1. The van der Waals surface area contributed by atoms with Crippen molar-refractivity contribution in [2.45, 2.75) is 104 Å². The fourth-order valence-electron chi connectivity index (χ4n) is 6.23. The lowest BCUT2D eigenvalue weighted by Crippen LogP contribution is -2.33. The Hall–Kier alpha value is -0.860. The molecule has 2 N–H and O–H groups in total. The Balaban J connectivity index is 1.67. The fraction of sp³-hybridized carbons (Fsp3) is 0.769. The highest BCUT2D eigenvalue weighted by atomic mass is 16.3. The summed E-state index contributed by atoms with van der Waals surface area (Å²) in [7, 11) is 0. The van der Waals surface area contributed by atoms with Crippen LogP contribution in [-0.2, 0) is 0 Å². The minimum atomic E-state index is -0.591. The summed E-state index contributed by atoms with van der Waals surface area (Å²) in [6.07, 6.45) is 16.7. The third-order valence-electron chi connectivity index (χ3n) is 8.01. The minimum absolute atomic E-state index is 0.423. The lowest BCUT2D eigenvalue weighted by molar-refractivity contribution is 0.0862. The Morgan fingerprint density at radius 3 is 2.71 bits per heavy atom. The maximum Gasteiger partial charge on any atom is 0.0811 e. The molecule has 0 heterocycles. The van der Waals surface area contributed by atoms with Gasteiger partial charge in [-0.2, -0.15) is 0 Å². The van der Waals surface area contributed by atoms with Crippen molar-refractivity contribution in [2.24, 2.45) is 23.2 Å². The molecule has 28 heavy (non-hydrogen) atoms. The van der Waals surface area contributed by atoms with Crippen LogP contribution in [0.25, 0.3) is 0 Å². The van der Waals surface area contributed by atoms with Gasteiger partial charge in [0.2, 0.25) is 0 Å². The lowest BCUT2D eigenvalue weighted by atomic mass is 9.62. The molecule has 2 nitrogen and oxygen atoms in total. The normalized spacial score (nSPS) is 39.1. The Kier molecular flexibility index (Phi) is 7.26. The summed E-state index contributed by atoms with van der Waals surface area (Å²) in [5.74, 6) is 2.44. The summed E-state index contributed by atoms with van der Waals surface area (Å²) in [4.78, 5) is 0. The van der Waals surface area contributed by atoms with Gasteiger partial charge in [-0.25, -0.2) is 0 Å². The molecule has 0 aliphatic heterocycles. The zero-order valence-corrected chi connectivity index (χ0v) is 18.4. The highest BCUT2D eigenvalue weighted by Gasteiger charge is 2.48. The third-order valence-corrected chi connectivity index (χ3v) is 8.01. The van der Waals surface area contributed by atoms with E-state index in [0.29, 0.717) is 18.3 Å². The highest BCUT2D eigenvalue weighted by Crippen LogP contribution is 2.58. The topological polar surface area (TPSA) is 40.5 Å². The van der Waals surface area contributed by atoms with Crippen molar-refractivity contribution in [3.8, 4) is 0 Å². The van der Waals surface area contributed by atoms with Gasteiger partial charge in [0.25, 0.3) is 0 Å². The molecular weight excluding hydrogens is 344 g/mol. The summed E-state index contributed by atoms with van der Waals surface area (Å²) in [6, 6.07) is 0. The van der Waals surface area contributed by atoms with Gasteiger partial charge in [-0.1, -0.05) is 64.3 Å². The van der Waals surface area contributed by atoms with Gasteiger partial charge in [-0.05, 0) is 79.3 Å². The molecule has 2 heteroatoms. The monoisotopic (exact) mass is 386 g/mol. The van der Waals surface area contributed by atoms with E-state index >= 15 is 0 Å². The zero-order chi connectivity index (χ0) is 20.3. The molecule has 158 valence electrons. The van der Waals surface area contributed by atoms with E-state index in [1.165, 1.54) is 57.8 Å². The molecule has 3 rings (SSSR count). The van der Waals surface area contributed by atoms with Crippen molar-refractivity contribution < 1.29 is 10.2 Å². The largest absolute Gasteiger partial charge is 0.393 e. The second kappa shape index (κ2) is 9.30. The summed E-state index contributed by atoms with van der Waals surface area (Å²) < 4.78 is 0. The molecule has 0 aromatic carbocycles. The van der Waals surface area contributed by atoms with Crippen LogP contribution >= 0.6 is 0 Å². The summed E-state index contributed by atoms with van der Waals surface area (Å²) in [6.45, 7) is 11.3. The van der Waals surface area contributed by atoms with Crippen LogP contribution in [0.15, 0.2) is 35.5 Å². The Morgan fingerprint density at radius 1 is 1.18 bits per heavy atom. The summed E-state index contributed by atoms with van der Waals surface area (Å²) in [5.41, 5.74) is 3.92. The van der Waals surface area contributed by atoms with E-state index in [-0.39, 0.29) is 0 Å². The lowest BCUT2D eigenvalue weighted by Gasteiger charge is -2.42. The number of hydrogen-bond donors (Lipinski definition) is 2.